The molecule has 7 heteroatoms. The molecule has 3 aromatic carbocycles. The molecule has 0 atom stereocenters. The number of benzene rings is 3. The van der Waals surface area contributed by atoms with Crippen molar-refractivity contribution in [1.29, 1.82) is 0 Å². The lowest BCUT2D eigenvalue weighted by Crippen LogP contribution is -1.98. The van der Waals surface area contributed by atoms with Gasteiger partial charge in [-0.15, -0.1) is 0 Å². The van der Waals surface area contributed by atoms with Crippen LogP contribution in [-0.4, -0.2) is 25.4 Å². The van der Waals surface area contributed by atoms with Gasteiger partial charge in [0.1, 0.15) is 0 Å². The summed E-state index contributed by atoms with van der Waals surface area (Å²) < 4.78 is 4.02. The van der Waals surface area contributed by atoms with Gasteiger partial charge in [0, 0.05) is 25.9 Å². The van der Waals surface area contributed by atoms with Crippen LogP contribution in [0.1, 0.15) is 21.6 Å². The first-order chi connectivity index (χ1) is 15.9. The van der Waals surface area contributed by atoms with Crippen molar-refractivity contribution in [2.24, 2.45) is 0 Å². The molecule has 0 aliphatic carbocycles. The standard InChI is InChI=1S/C26H20ClN3O2S/c1-16-6-3-4-9-23(16)29-15-20(14-28-29)30-17(2)25(22-11-10-19(27)13-24(22)30)33-21-8-5-7-18(12-21)26(31)32/h3-15H,1-2H3,(H,31,32). The molecule has 0 amide bonds. The third-order valence-corrected chi connectivity index (χ3v) is 7.04. The van der Waals surface area contributed by atoms with Crippen LogP contribution in [0.15, 0.2) is 88.9 Å². The van der Waals surface area contributed by atoms with Crippen LogP contribution >= 0.6 is 23.4 Å². The van der Waals surface area contributed by atoms with E-state index < -0.39 is 5.97 Å². The van der Waals surface area contributed by atoms with Crippen molar-refractivity contribution in [3.05, 3.63) is 101 Å². The first-order valence-electron chi connectivity index (χ1n) is 10.3. The molecule has 0 saturated heterocycles. The second-order valence-electron chi connectivity index (χ2n) is 7.78. The highest BCUT2D eigenvalue weighted by Crippen LogP contribution is 2.40. The molecule has 0 spiro atoms. The Morgan fingerprint density at radius 1 is 1.03 bits per heavy atom. The predicted molar refractivity (Wildman–Crippen MR) is 132 cm³/mol. The van der Waals surface area contributed by atoms with Crippen molar-refractivity contribution in [3.63, 3.8) is 0 Å². The third-order valence-electron chi connectivity index (χ3n) is 5.60. The van der Waals surface area contributed by atoms with Gasteiger partial charge < -0.3 is 9.67 Å². The molecule has 0 aliphatic heterocycles. The molecule has 0 aliphatic rings. The summed E-state index contributed by atoms with van der Waals surface area (Å²) in [6.45, 7) is 4.12. The normalized spacial score (nSPS) is 11.2. The maximum atomic E-state index is 11.4. The highest BCUT2D eigenvalue weighted by molar-refractivity contribution is 7.99. The number of nitrogens with zero attached hydrogens (tertiary/aromatic N) is 3. The molecule has 2 aromatic heterocycles. The zero-order valence-corrected chi connectivity index (χ0v) is 19.6. The molecule has 2 heterocycles. The van der Waals surface area contributed by atoms with Crippen LogP contribution in [0.5, 0.6) is 0 Å². The molecule has 5 aromatic rings. The van der Waals surface area contributed by atoms with Crippen LogP contribution < -0.4 is 0 Å². The zero-order chi connectivity index (χ0) is 23.1. The van der Waals surface area contributed by atoms with Gasteiger partial charge in [-0.3, -0.25) is 0 Å². The van der Waals surface area contributed by atoms with Crippen molar-refractivity contribution in [3.8, 4) is 11.4 Å². The smallest absolute Gasteiger partial charge is 0.335 e. The van der Waals surface area contributed by atoms with Crippen molar-refractivity contribution < 1.29 is 9.90 Å². The molecule has 0 radical (unpaired) electrons. The first-order valence-corrected chi connectivity index (χ1v) is 11.5. The molecule has 0 bridgehead atoms. The minimum Gasteiger partial charge on any atom is -0.478 e. The van der Waals surface area contributed by atoms with Gasteiger partial charge in [-0.2, -0.15) is 5.10 Å². The predicted octanol–water partition coefficient (Wildman–Crippen LogP) is 6.94. The number of halogens is 1. The van der Waals surface area contributed by atoms with Gasteiger partial charge in [0.25, 0.3) is 0 Å². The van der Waals surface area contributed by atoms with E-state index in [4.69, 9.17) is 11.6 Å². The molecule has 1 N–H and O–H groups in total. The summed E-state index contributed by atoms with van der Waals surface area (Å²) in [5, 5.41) is 15.7. The number of hydrogen-bond donors (Lipinski definition) is 1. The summed E-state index contributed by atoms with van der Waals surface area (Å²) >= 11 is 7.92. The summed E-state index contributed by atoms with van der Waals surface area (Å²) in [6, 6.07) is 20.9. The van der Waals surface area contributed by atoms with E-state index in [2.05, 4.69) is 29.6 Å². The Kier molecular flexibility index (Phi) is 5.48. The van der Waals surface area contributed by atoms with Crippen LogP contribution in [0.4, 0.5) is 0 Å². The average Bonchev–Trinajstić information content (AvgIpc) is 3.37. The van der Waals surface area contributed by atoms with Crippen LogP contribution in [0.3, 0.4) is 0 Å². The molecule has 5 rings (SSSR count). The minimum atomic E-state index is -0.938. The summed E-state index contributed by atoms with van der Waals surface area (Å²) in [4.78, 5) is 13.3. The third kappa shape index (κ3) is 3.92. The lowest BCUT2D eigenvalue weighted by Gasteiger charge is -2.07. The molecule has 164 valence electrons. The van der Waals surface area contributed by atoms with Gasteiger partial charge in [0.15, 0.2) is 0 Å². The number of hydrogen-bond acceptors (Lipinski definition) is 3. The van der Waals surface area contributed by atoms with Crippen LogP contribution in [0.2, 0.25) is 5.02 Å². The van der Waals surface area contributed by atoms with Gasteiger partial charge in [-0.1, -0.05) is 53.7 Å². The van der Waals surface area contributed by atoms with E-state index in [0.717, 1.165) is 43.3 Å². The molecular formula is C26H20ClN3O2S. The first kappa shape index (κ1) is 21.4. The van der Waals surface area contributed by atoms with Gasteiger partial charge in [0.2, 0.25) is 0 Å². The lowest BCUT2D eigenvalue weighted by molar-refractivity contribution is 0.0696. The number of carboxylic acids is 1. The Labute approximate surface area is 200 Å². The number of rotatable bonds is 5. The zero-order valence-electron chi connectivity index (χ0n) is 18.0. The fourth-order valence-electron chi connectivity index (χ4n) is 4.01. The number of aromatic carboxylic acids is 1. The van der Waals surface area contributed by atoms with E-state index in [1.165, 1.54) is 0 Å². The Bertz CT molecular complexity index is 1520. The topological polar surface area (TPSA) is 60.0 Å². The largest absolute Gasteiger partial charge is 0.478 e. The molecule has 0 unspecified atom stereocenters. The Morgan fingerprint density at radius 3 is 2.64 bits per heavy atom. The van der Waals surface area contributed by atoms with Crippen LogP contribution in [0.25, 0.3) is 22.3 Å². The fraction of sp³-hybridized carbons (Fsp3) is 0.0769. The molecule has 0 saturated carbocycles. The molecular weight excluding hydrogens is 454 g/mol. The van der Waals surface area contributed by atoms with Crippen molar-refractivity contribution in [1.82, 2.24) is 14.3 Å². The van der Waals surface area contributed by atoms with Gasteiger partial charge >= 0.3 is 5.97 Å². The van der Waals surface area contributed by atoms with Crippen LogP contribution in [0, 0.1) is 13.8 Å². The maximum absolute atomic E-state index is 11.4. The lowest BCUT2D eigenvalue weighted by atomic mass is 10.2. The number of fused-ring (bicyclic) bond motifs is 1. The molecule has 33 heavy (non-hydrogen) atoms. The number of para-hydroxylation sites is 1. The van der Waals surface area contributed by atoms with Gasteiger partial charge in [0.05, 0.1) is 34.8 Å². The molecule has 0 fully saturated rings. The second-order valence-corrected chi connectivity index (χ2v) is 9.30. The van der Waals surface area contributed by atoms with E-state index in [1.54, 1.807) is 30.0 Å². The summed E-state index contributed by atoms with van der Waals surface area (Å²) in [5.41, 5.74) is 5.36. The van der Waals surface area contributed by atoms with E-state index in [0.29, 0.717) is 5.02 Å². The quantitative estimate of drug-likeness (QED) is 0.300. The Balaban J connectivity index is 1.65. The van der Waals surface area contributed by atoms with E-state index >= 15 is 0 Å². The number of carboxylic acid groups (broad SMARTS) is 1. The van der Waals surface area contributed by atoms with Crippen molar-refractivity contribution in [2.45, 2.75) is 23.6 Å². The monoisotopic (exact) mass is 473 g/mol. The van der Waals surface area contributed by atoms with Crippen LogP contribution in [-0.2, 0) is 0 Å². The Hall–Kier alpha value is -3.48. The average molecular weight is 474 g/mol. The highest BCUT2D eigenvalue weighted by atomic mass is 35.5. The van der Waals surface area contributed by atoms with Gasteiger partial charge in [-0.05, 0) is 55.8 Å². The number of aromatic nitrogens is 3. The van der Waals surface area contributed by atoms with E-state index in [9.17, 15) is 9.90 Å². The SMILES string of the molecule is Cc1ccccc1-n1cc(-n2c(C)c(Sc3cccc(C(=O)O)c3)c3ccc(Cl)cc32)cn1. The maximum Gasteiger partial charge on any atom is 0.335 e. The number of carbonyl (C=O) groups is 1. The second kappa shape index (κ2) is 8.46. The molecule has 5 nitrogen and oxygen atoms in total. The number of aryl methyl sites for hydroxylation is 1. The summed E-state index contributed by atoms with van der Waals surface area (Å²) in [5.74, 6) is -0.938. The fourth-order valence-corrected chi connectivity index (χ4v) is 5.27. The summed E-state index contributed by atoms with van der Waals surface area (Å²) in [7, 11) is 0. The highest BCUT2D eigenvalue weighted by Gasteiger charge is 2.19. The van der Waals surface area contributed by atoms with Crippen molar-refractivity contribution >= 4 is 40.2 Å². The van der Waals surface area contributed by atoms with E-state index in [-0.39, 0.29) is 5.56 Å². The summed E-state index contributed by atoms with van der Waals surface area (Å²) in [6.07, 6.45) is 3.86. The Morgan fingerprint density at radius 2 is 1.85 bits per heavy atom. The minimum absolute atomic E-state index is 0.268. The van der Waals surface area contributed by atoms with Gasteiger partial charge in [-0.25, -0.2) is 9.48 Å². The van der Waals surface area contributed by atoms with Crippen molar-refractivity contribution in [2.75, 3.05) is 0 Å². The van der Waals surface area contributed by atoms with E-state index in [1.807, 2.05) is 59.5 Å².